The minimum Gasteiger partial charge on any atom is -0.350 e. The molecule has 0 radical (unpaired) electrons. The molecule has 2 aromatic rings. The van der Waals surface area contributed by atoms with Crippen LogP contribution >= 0.6 is 11.6 Å². The summed E-state index contributed by atoms with van der Waals surface area (Å²) >= 11 is 5.77. The van der Waals surface area contributed by atoms with Gasteiger partial charge in [-0.1, -0.05) is 17.7 Å². The molecule has 0 bridgehead atoms. The summed E-state index contributed by atoms with van der Waals surface area (Å²) < 4.78 is 13.3. The highest BCUT2D eigenvalue weighted by Crippen LogP contribution is 2.15. The number of hydrogen-bond acceptors (Lipinski definition) is 2. The maximum atomic E-state index is 13.3. The fraction of sp³-hybridized carbons (Fsp3) is 0.176. The number of hydrogen-bond donors (Lipinski definition) is 1. The molecule has 0 aliphatic carbocycles. The minimum absolute atomic E-state index is 0.226. The van der Waals surface area contributed by atoms with Gasteiger partial charge in [-0.15, -0.1) is 0 Å². The van der Waals surface area contributed by atoms with Crippen LogP contribution in [-0.4, -0.2) is 24.9 Å². The molecule has 0 fully saturated rings. The highest BCUT2D eigenvalue weighted by molar-refractivity contribution is 6.30. The number of amides is 2. The van der Waals surface area contributed by atoms with Gasteiger partial charge in [-0.05, 0) is 42.5 Å². The molecule has 0 aromatic heterocycles. The van der Waals surface area contributed by atoms with Gasteiger partial charge in [0.05, 0.1) is 0 Å². The van der Waals surface area contributed by atoms with Crippen LogP contribution < -0.4 is 10.2 Å². The van der Waals surface area contributed by atoms with Crippen molar-refractivity contribution in [1.82, 2.24) is 5.32 Å². The van der Waals surface area contributed by atoms with E-state index in [1.165, 1.54) is 30.0 Å². The van der Waals surface area contributed by atoms with Gasteiger partial charge in [0.25, 0.3) is 5.91 Å². The quantitative estimate of drug-likeness (QED) is 0.912. The summed E-state index contributed by atoms with van der Waals surface area (Å²) in [7, 11) is 0. The SMILES string of the molecule is CC(=O)N(CCNC(=O)c1ccc(Cl)cc1)c1cccc(F)c1. The third-order valence-electron chi connectivity index (χ3n) is 3.23. The average molecular weight is 335 g/mol. The number of rotatable bonds is 5. The molecule has 0 heterocycles. The van der Waals surface area contributed by atoms with Crippen LogP contribution in [0.15, 0.2) is 48.5 Å². The molecule has 1 N–H and O–H groups in total. The molecule has 2 rings (SSSR count). The minimum atomic E-state index is -0.418. The Morgan fingerprint density at radius 3 is 2.48 bits per heavy atom. The predicted octanol–water partition coefficient (Wildman–Crippen LogP) is 3.26. The van der Waals surface area contributed by atoms with E-state index in [0.717, 1.165) is 0 Å². The fourth-order valence-corrected chi connectivity index (χ4v) is 2.22. The maximum Gasteiger partial charge on any atom is 0.251 e. The van der Waals surface area contributed by atoms with Crippen LogP contribution in [0, 0.1) is 5.82 Å². The summed E-state index contributed by atoms with van der Waals surface area (Å²) in [5.74, 6) is -0.903. The average Bonchev–Trinajstić information content (AvgIpc) is 2.51. The van der Waals surface area contributed by atoms with Gasteiger partial charge >= 0.3 is 0 Å². The number of nitrogens with zero attached hydrogens (tertiary/aromatic N) is 1. The van der Waals surface area contributed by atoms with E-state index in [0.29, 0.717) is 16.3 Å². The molecule has 0 saturated carbocycles. The van der Waals surface area contributed by atoms with Crippen molar-refractivity contribution in [2.24, 2.45) is 0 Å². The lowest BCUT2D eigenvalue weighted by Gasteiger charge is -2.21. The smallest absolute Gasteiger partial charge is 0.251 e. The molecule has 0 aliphatic heterocycles. The van der Waals surface area contributed by atoms with E-state index in [4.69, 9.17) is 11.6 Å². The monoisotopic (exact) mass is 334 g/mol. The first kappa shape index (κ1) is 17.0. The Hall–Kier alpha value is -2.40. The van der Waals surface area contributed by atoms with Crippen molar-refractivity contribution in [1.29, 1.82) is 0 Å². The lowest BCUT2D eigenvalue weighted by molar-refractivity contribution is -0.116. The lowest BCUT2D eigenvalue weighted by atomic mass is 10.2. The van der Waals surface area contributed by atoms with Crippen LogP contribution in [0.2, 0.25) is 5.02 Å². The number of carbonyl (C=O) groups is 2. The van der Waals surface area contributed by atoms with Gasteiger partial charge in [-0.2, -0.15) is 0 Å². The number of halogens is 2. The van der Waals surface area contributed by atoms with Gasteiger partial charge in [0.15, 0.2) is 0 Å². The van der Waals surface area contributed by atoms with Gasteiger partial charge in [0, 0.05) is 36.3 Å². The first-order valence-electron chi connectivity index (χ1n) is 7.05. The molecule has 4 nitrogen and oxygen atoms in total. The van der Waals surface area contributed by atoms with Gasteiger partial charge in [-0.3, -0.25) is 9.59 Å². The third kappa shape index (κ3) is 4.79. The molecule has 2 amide bonds. The number of carbonyl (C=O) groups excluding carboxylic acids is 2. The number of anilines is 1. The number of benzene rings is 2. The highest BCUT2D eigenvalue weighted by Gasteiger charge is 2.12. The summed E-state index contributed by atoms with van der Waals surface area (Å²) in [6.45, 7) is 1.89. The number of nitrogens with one attached hydrogen (secondary N) is 1. The van der Waals surface area contributed by atoms with Crippen LogP contribution in [0.1, 0.15) is 17.3 Å². The predicted molar refractivity (Wildman–Crippen MR) is 88.2 cm³/mol. The molecule has 0 saturated heterocycles. The zero-order chi connectivity index (χ0) is 16.8. The van der Waals surface area contributed by atoms with Crippen molar-refractivity contribution >= 4 is 29.1 Å². The summed E-state index contributed by atoms with van der Waals surface area (Å²) in [5, 5.41) is 3.27. The van der Waals surface area contributed by atoms with Gasteiger partial charge in [0.2, 0.25) is 5.91 Å². The normalized spacial score (nSPS) is 10.2. The topological polar surface area (TPSA) is 49.4 Å². The Kier molecular flexibility index (Phi) is 5.71. The van der Waals surface area contributed by atoms with E-state index < -0.39 is 5.82 Å². The van der Waals surface area contributed by atoms with E-state index in [2.05, 4.69) is 5.32 Å². The third-order valence-corrected chi connectivity index (χ3v) is 3.48. The van der Waals surface area contributed by atoms with Gasteiger partial charge in [-0.25, -0.2) is 4.39 Å². The Bertz CT molecular complexity index is 704. The second kappa shape index (κ2) is 7.74. The zero-order valence-electron chi connectivity index (χ0n) is 12.6. The van der Waals surface area contributed by atoms with E-state index in [1.54, 1.807) is 30.3 Å². The molecule has 0 spiro atoms. The highest BCUT2D eigenvalue weighted by atomic mass is 35.5. The first-order chi connectivity index (χ1) is 11.0. The molecular weight excluding hydrogens is 319 g/mol. The summed E-state index contributed by atoms with van der Waals surface area (Å²) in [6.07, 6.45) is 0. The van der Waals surface area contributed by atoms with Crippen molar-refractivity contribution in [2.45, 2.75) is 6.92 Å². The molecular formula is C17H16ClFN2O2. The van der Waals surface area contributed by atoms with Gasteiger partial charge < -0.3 is 10.2 Å². The van der Waals surface area contributed by atoms with E-state index in [9.17, 15) is 14.0 Å². The molecule has 0 atom stereocenters. The van der Waals surface area contributed by atoms with Crippen LogP contribution in [0.5, 0.6) is 0 Å². The Morgan fingerprint density at radius 1 is 1.17 bits per heavy atom. The standard InChI is InChI=1S/C17H16ClFN2O2/c1-12(22)21(16-4-2-3-15(19)11-16)10-9-20-17(23)13-5-7-14(18)8-6-13/h2-8,11H,9-10H2,1H3,(H,20,23). The summed E-state index contributed by atoms with van der Waals surface area (Å²) in [5.41, 5.74) is 0.938. The molecule has 2 aromatic carbocycles. The molecule has 23 heavy (non-hydrogen) atoms. The second-order valence-corrected chi connectivity index (χ2v) is 5.35. The van der Waals surface area contributed by atoms with E-state index in [-0.39, 0.29) is 24.9 Å². The molecule has 120 valence electrons. The van der Waals surface area contributed by atoms with Crippen molar-refractivity contribution < 1.29 is 14.0 Å². The summed E-state index contributed by atoms with van der Waals surface area (Å²) in [6, 6.07) is 12.3. The van der Waals surface area contributed by atoms with Crippen LogP contribution in [0.4, 0.5) is 10.1 Å². The van der Waals surface area contributed by atoms with Gasteiger partial charge in [0.1, 0.15) is 5.82 Å². The van der Waals surface area contributed by atoms with Crippen LogP contribution in [-0.2, 0) is 4.79 Å². The Balaban J connectivity index is 1.96. The van der Waals surface area contributed by atoms with E-state index in [1.807, 2.05) is 0 Å². The maximum absolute atomic E-state index is 13.3. The molecule has 0 aliphatic rings. The molecule has 6 heteroatoms. The largest absolute Gasteiger partial charge is 0.350 e. The summed E-state index contributed by atoms with van der Waals surface area (Å²) in [4.78, 5) is 25.1. The van der Waals surface area contributed by atoms with Crippen LogP contribution in [0.3, 0.4) is 0 Å². The van der Waals surface area contributed by atoms with Crippen molar-refractivity contribution in [3.8, 4) is 0 Å². The zero-order valence-corrected chi connectivity index (χ0v) is 13.3. The Morgan fingerprint density at radius 2 is 1.87 bits per heavy atom. The first-order valence-corrected chi connectivity index (χ1v) is 7.42. The Labute approximate surface area is 138 Å². The second-order valence-electron chi connectivity index (χ2n) is 4.91. The van der Waals surface area contributed by atoms with Crippen LogP contribution in [0.25, 0.3) is 0 Å². The lowest BCUT2D eigenvalue weighted by Crippen LogP contribution is -2.37. The molecule has 0 unspecified atom stereocenters. The fourth-order valence-electron chi connectivity index (χ4n) is 2.10. The van der Waals surface area contributed by atoms with Crippen molar-refractivity contribution in [3.05, 3.63) is 64.9 Å². The van der Waals surface area contributed by atoms with Crippen molar-refractivity contribution in [2.75, 3.05) is 18.0 Å². The van der Waals surface area contributed by atoms with E-state index >= 15 is 0 Å². The van der Waals surface area contributed by atoms with Crippen molar-refractivity contribution in [3.63, 3.8) is 0 Å².